The number of hydrazone groups is 1. The Balaban J connectivity index is 2.03. The Labute approximate surface area is 135 Å². The van der Waals surface area contributed by atoms with Crippen molar-refractivity contribution in [3.05, 3.63) is 57.2 Å². The maximum absolute atomic E-state index is 11.9. The van der Waals surface area contributed by atoms with Crippen LogP contribution in [-0.2, 0) is 0 Å². The van der Waals surface area contributed by atoms with Crippen molar-refractivity contribution in [1.82, 2.24) is 5.43 Å². The molecule has 0 saturated carbocycles. The highest BCUT2D eigenvalue weighted by molar-refractivity contribution is 14.1. The molecule has 2 N–H and O–H groups in total. The normalized spacial score (nSPS) is 10.6. The third-order valence-electron chi connectivity index (χ3n) is 2.66. The fraction of sp³-hybridized carbons (Fsp3) is 0.0667. The third kappa shape index (κ3) is 4.19. The zero-order valence-electron chi connectivity index (χ0n) is 11.2. The van der Waals surface area contributed by atoms with E-state index in [1.807, 2.05) is 0 Å². The molecule has 0 spiro atoms. The highest BCUT2D eigenvalue weighted by Gasteiger charge is 2.07. The van der Waals surface area contributed by atoms with Crippen LogP contribution in [0.4, 0.5) is 0 Å². The molecular formula is C15H13IN2O3. The van der Waals surface area contributed by atoms with Crippen LogP contribution in [0.25, 0.3) is 0 Å². The highest BCUT2D eigenvalue weighted by Crippen LogP contribution is 2.21. The minimum absolute atomic E-state index is 0.148. The number of methoxy groups -OCH3 is 1. The van der Waals surface area contributed by atoms with Gasteiger partial charge in [0.25, 0.3) is 5.91 Å². The number of ether oxygens (including phenoxy) is 1. The number of halogens is 1. The summed E-state index contributed by atoms with van der Waals surface area (Å²) in [6.45, 7) is 0. The SMILES string of the molecule is COc1ccc(C(=O)N/N=C\c2cccc(O)c2)cc1I. The van der Waals surface area contributed by atoms with Crippen molar-refractivity contribution in [2.24, 2.45) is 5.10 Å². The average Bonchev–Trinajstić information content (AvgIpc) is 2.47. The number of phenols is 1. The lowest BCUT2D eigenvalue weighted by atomic mass is 10.2. The molecule has 0 aliphatic carbocycles. The summed E-state index contributed by atoms with van der Waals surface area (Å²) in [7, 11) is 1.58. The van der Waals surface area contributed by atoms with Gasteiger partial charge in [0.1, 0.15) is 11.5 Å². The maximum atomic E-state index is 11.9. The van der Waals surface area contributed by atoms with Crippen molar-refractivity contribution in [2.75, 3.05) is 7.11 Å². The molecule has 108 valence electrons. The van der Waals surface area contributed by atoms with Crippen LogP contribution in [0.3, 0.4) is 0 Å². The van der Waals surface area contributed by atoms with E-state index in [1.54, 1.807) is 49.6 Å². The Hall–Kier alpha value is -2.09. The molecule has 6 heteroatoms. The molecule has 0 aliphatic heterocycles. The molecule has 0 atom stereocenters. The van der Waals surface area contributed by atoms with E-state index in [9.17, 15) is 9.90 Å². The molecule has 0 aliphatic rings. The van der Waals surface area contributed by atoms with Gasteiger partial charge in [-0.25, -0.2) is 5.43 Å². The number of nitrogens with one attached hydrogen (secondary N) is 1. The second kappa shape index (κ2) is 7.07. The minimum atomic E-state index is -0.313. The van der Waals surface area contributed by atoms with E-state index in [1.165, 1.54) is 6.21 Å². The highest BCUT2D eigenvalue weighted by atomic mass is 127. The Morgan fingerprint density at radius 3 is 2.81 bits per heavy atom. The first-order valence-electron chi connectivity index (χ1n) is 6.06. The first-order valence-corrected chi connectivity index (χ1v) is 7.14. The number of hydrogen-bond acceptors (Lipinski definition) is 4. The van der Waals surface area contributed by atoms with Crippen molar-refractivity contribution in [1.29, 1.82) is 0 Å². The van der Waals surface area contributed by atoms with E-state index in [0.29, 0.717) is 11.1 Å². The number of benzene rings is 2. The van der Waals surface area contributed by atoms with Gasteiger partial charge < -0.3 is 9.84 Å². The number of carbonyl (C=O) groups excluding carboxylic acids is 1. The Morgan fingerprint density at radius 1 is 1.33 bits per heavy atom. The van der Waals surface area contributed by atoms with Crippen molar-refractivity contribution >= 4 is 34.7 Å². The van der Waals surface area contributed by atoms with Gasteiger partial charge in [0.15, 0.2) is 0 Å². The number of amides is 1. The van der Waals surface area contributed by atoms with Gasteiger partial charge in [-0.2, -0.15) is 5.10 Å². The summed E-state index contributed by atoms with van der Waals surface area (Å²) < 4.78 is 5.98. The van der Waals surface area contributed by atoms with Crippen molar-refractivity contribution in [3.63, 3.8) is 0 Å². The maximum Gasteiger partial charge on any atom is 0.271 e. The van der Waals surface area contributed by atoms with Gasteiger partial charge in [-0.3, -0.25) is 4.79 Å². The Kier molecular flexibility index (Phi) is 5.15. The van der Waals surface area contributed by atoms with Gasteiger partial charge in [-0.15, -0.1) is 0 Å². The van der Waals surface area contributed by atoms with E-state index in [2.05, 4.69) is 33.1 Å². The quantitative estimate of drug-likeness (QED) is 0.475. The van der Waals surface area contributed by atoms with Crippen LogP contribution >= 0.6 is 22.6 Å². The summed E-state index contributed by atoms with van der Waals surface area (Å²) in [5, 5.41) is 13.2. The zero-order chi connectivity index (χ0) is 15.2. The number of rotatable bonds is 4. The number of phenolic OH excluding ortho intramolecular Hbond substituents is 1. The lowest BCUT2D eigenvalue weighted by Gasteiger charge is -2.05. The predicted molar refractivity (Wildman–Crippen MR) is 88.9 cm³/mol. The minimum Gasteiger partial charge on any atom is -0.508 e. The Bertz CT molecular complexity index is 686. The smallest absolute Gasteiger partial charge is 0.271 e. The van der Waals surface area contributed by atoms with Crippen LogP contribution in [0, 0.1) is 3.57 Å². The van der Waals surface area contributed by atoms with E-state index in [0.717, 1.165) is 9.32 Å². The second-order valence-electron chi connectivity index (χ2n) is 4.14. The first kappa shape index (κ1) is 15.3. The van der Waals surface area contributed by atoms with Crippen LogP contribution in [-0.4, -0.2) is 24.3 Å². The summed E-state index contributed by atoms with van der Waals surface area (Å²) in [6, 6.07) is 11.7. The van der Waals surface area contributed by atoms with Crippen LogP contribution in [0.1, 0.15) is 15.9 Å². The van der Waals surface area contributed by atoms with Crippen molar-refractivity contribution < 1.29 is 14.6 Å². The molecule has 0 bridgehead atoms. The van der Waals surface area contributed by atoms with Crippen LogP contribution < -0.4 is 10.2 Å². The van der Waals surface area contributed by atoms with Gasteiger partial charge >= 0.3 is 0 Å². The standard InChI is InChI=1S/C15H13IN2O3/c1-21-14-6-5-11(8-13(14)16)15(20)18-17-9-10-3-2-4-12(19)7-10/h2-9,19H,1H3,(H,18,20)/b17-9-. The molecule has 2 aromatic carbocycles. The van der Waals surface area contributed by atoms with Crippen molar-refractivity contribution in [3.8, 4) is 11.5 Å². The lowest BCUT2D eigenvalue weighted by molar-refractivity contribution is 0.0955. The molecule has 0 aromatic heterocycles. The fourth-order valence-corrected chi connectivity index (χ4v) is 2.38. The Morgan fingerprint density at radius 2 is 2.14 bits per heavy atom. The lowest BCUT2D eigenvalue weighted by Crippen LogP contribution is -2.17. The molecular weight excluding hydrogens is 383 g/mol. The van der Waals surface area contributed by atoms with Crippen molar-refractivity contribution in [2.45, 2.75) is 0 Å². The number of carbonyl (C=O) groups is 1. The van der Waals surface area contributed by atoms with Gasteiger partial charge in [-0.1, -0.05) is 12.1 Å². The second-order valence-corrected chi connectivity index (χ2v) is 5.31. The van der Waals surface area contributed by atoms with Gasteiger partial charge in [0.05, 0.1) is 16.9 Å². The van der Waals surface area contributed by atoms with Gasteiger partial charge in [0, 0.05) is 5.56 Å². The number of nitrogens with zero attached hydrogens (tertiary/aromatic N) is 1. The van der Waals surface area contributed by atoms with Gasteiger partial charge in [-0.05, 0) is 58.5 Å². The summed E-state index contributed by atoms with van der Waals surface area (Å²) >= 11 is 2.10. The largest absolute Gasteiger partial charge is 0.508 e. The topological polar surface area (TPSA) is 70.9 Å². The average molecular weight is 396 g/mol. The number of hydrogen-bond donors (Lipinski definition) is 2. The summed E-state index contributed by atoms with van der Waals surface area (Å²) in [5.74, 6) is 0.553. The molecule has 21 heavy (non-hydrogen) atoms. The molecule has 2 aromatic rings. The van der Waals surface area contributed by atoms with Crippen LogP contribution in [0.15, 0.2) is 47.6 Å². The summed E-state index contributed by atoms with van der Waals surface area (Å²) in [4.78, 5) is 11.9. The van der Waals surface area contributed by atoms with E-state index in [4.69, 9.17) is 4.74 Å². The molecule has 0 radical (unpaired) electrons. The zero-order valence-corrected chi connectivity index (χ0v) is 13.4. The predicted octanol–water partition coefficient (Wildman–Crippen LogP) is 2.77. The van der Waals surface area contributed by atoms with E-state index in [-0.39, 0.29) is 11.7 Å². The molecule has 0 saturated heterocycles. The summed E-state index contributed by atoms with van der Waals surface area (Å²) in [6.07, 6.45) is 1.46. The summed E-state index contributed by atoms with van der Waals surface area (Å²) in [5.41, 5.74) is 3.62. The monoisotopic (exact) mass is 396 g/mol. The molecule has 0 unspecified atom stereocenters. The van der Waals surface area contributed by atoms with E-state index >= 15 is 0 Å². The van der Waals surface area contributed by atoms with Crippen LogP contribution in [0.5, 0.6) is 11.5 Å². The molecule has 1 amide bonds. The number of aromatic hydroxyl groups is 1. The molecule has 5 nitrogen and oxygen atoms in total. The van der Waals surface area contributed by atoms with Crippen LogP contribution in [0.2, 0.25) is 0 Å². The molecule has 0 heterocycles. The molecule has 0 fully saturated rings. The van der Waals surface area contributed by atoms with Gasteiger partial charge in [0.2, 0.25) is 0 Å². The fourth-order valence-electron chi connectivity index (χ4n) is 1.64. The third-order valence-corrected chi connectivity index (χ3v) is 3.51. The molecule has 2 rings (SSSR count). The first-order chi connectivity index (χ1) is 10.1. The van der Waals surface area contributed by atoms with E-state index < -0.39 is 0 Å².